The number of amides is 2. The van der Waals surface area contributed by atoms with Gasteiger partial charge in [-0.2, -0.15) is 0 Å². The van der Waals surface area contributed by atoms with Gasteiger partial charge in [0.25, 0.3) is 0 Å². The third-order valence-electron chi connectivity index (χ3n) is 3.58. The molecule has 6 nitrogen and oxygen atoms in total. The zero-order valence-electron chi connectivity index (χ0n) is 10.7. The number of nitrogens with two attached hydrogens (primary N) is 1. The maximum Gasteiger partial charge on any atom is 0.239 e. The average molecular weight is 255 g/mol. The molecule has 3 unspecified atom stereocenters. The topological polar surface area (TPSA) is 84.7 Å². The first-order valence-electron chi connectivity index (χ1n) is 6.56. The molecule has 1 heterocycles. The summed E-state index contributed by atoms with van der Waals surface area (Å²) in [6, 6.07) is -0.157. The van der Waals surface area contributed by atoms with Crippen LogP contribution in [0.25, 0.3) is 0 Å². The number of nitrogens with zero attached hydrogens (tertiary/aromatic N) is 1. The summed E-state index contributed by atoms with van der Waals surface area (Å²) in [4.78, 5) is 24.8. The Morgan fingerprint density at radius 3 is 2.94 bits per heavy atom. The smallest absolute Gasteiger partial charge is 0.239 e. The minimum atomic E-state index is -0.143. The second-order valence-electron chi connectivity index (χ2n) is 4.91. The van der Waals surface area contributed by atoms with Gasteiger partial charge in [0.2, 0.25) is 11.8 Å². The molecule has 2 amide bonds. The third kappa shape index (κ3) is 2.81. The van der Waals surface area contributed by atoms with Crippen LogP contribution in [0, 0.1) is 0 Å². The number of rotatable bonds is 5. The lowest BCUT2D eigenvalue weighted by molar-refractivity contribution is -0.134. The Labute approximate surface area is 107 Å². The summed E-state index contributed by atoms with van der Waals surface area (Å²) in [6.07, 6.45) is 2.19. The van der Waals surface area contributed by atoms with Crippen LogP contribution in [-0.2, 0) is 14.3 Å². The number of ether oxygens (including phenoxy) is 1. The van der Waals surface area contributed by atoms with Gasteiger partial charge in [-0.3, -0.25) is 9.59 Å². The van der Waals surface area contributed by atoms with Crippen LogP contribution in [0.2, 0.25) is 0 Å². The number of carbonyl (C=O) groups excluding carboxylic acids is 2. The van der Waals surface area contributed by atoms with E-state index in [0.29, 0.717) is 19.6 Å². The van der Waals surface area contributed by atoms with Gasteiger partial charge in [0, 0.05) is 25.6 Å². The summed E-state index contributed by atoms with van der Waals surface area (Å²) >= 11 is 0. The first-order chi connectivity index (χ1) is 8.61. The molecule has 2 rings (SSSR count). The van der Waals surface area contributed by atoms with Crippen molar-refractivity contribution in [1.29, 1.82) is 0 Å². The second-order valence-corrected chi connectivity index (χ2v) is 4.91. The van der Waals surface area contributed by atoms with E-state index in [1.165, 1.54) is 0 Å². The Kier molecular flexibility index (Phi) is 4.19. The van der Waals surface area contributed by atoms with Crippen molar-refractivity contribution >= 4 is 11.8 Å². The number of hydrogen-bond donors (Lipinski definition) is 2. The van der Waals surface area contributed by atoms with E-state index >= 15 is 0 Å². The number of nitrogens with one attached hydrogen (secondary N) is 1. The Morgan fingerprint density at radius 2 is 2.39 bits per heavy atom. The maximum atomic E-state index is 11.8. The lowest BCUT2D eigenvalue weighted by Crippen LogP contribution is -2.65. The summed E-state index contributed by atoms with van der Waals surface area (Å²) in [7, 11) is 0. The first-order valence-corrected chi connectivity index (χ1v) is 6.56. The van der Waals surface area contributed by atoms with Crippen molar-refractivity contribution in [2.45, 2.75) is 44.4 Å². The molecule has 1 aliphatic heterocycles. The molecule has 3 atom stereocenters. The lowest BCUT2D eigenvalue weighted by atomic mass is 9.83. The van der Waals surface area contributed by atoms with Crippen LogP contribution in [0.5, 0.6) is 0 Å². The summed E-state index contributed by atoms with van der Waals surface area (Å²) in [5, 5.41) is 2.87. The highest BCUT2D eigenvalue weighted by atomic mass is 16.5. The Hall–Kier alpha value is -1.14. The van der Waals surface area contributed by atoms with E-state index in [1.807, 2.05) is 6.92 Å². The molecular formula is C12H21N3O3. The Balaban J connectivity index is 1.78. The Morgan fingerprint density at radius 1 is 1.61 bits per heavy atom. The van der Waals surface area contributed by atoms with Crippen LogP contribution in [0.1, 0.15) is 26.2 Å². The highest BCUT2D eigenvalue weighted by Gasteiger charge is 2.40. The molecule has 1 saturated heterocycles. The standard InChI is InChI=1S/C12H21N3O3/c1-2-18-9-6-8(13)12(9)14-10(16)7-15-5-3-4-11(15)17/h8-9,12H,2-7,13H2,1H3,(H,14,16). The van der Waals surface area contributed by atoms with Gasteiger partial charge in [0.1, 0.15) is 0 Å². The summed E-state index contributed by atoms with van der Waals surface area (Å²) < 4.78 is 5.48. The largest absolute Gasteiger partial charge is 0.376 e. The van der Waals surface area contributed by atoms with Crippen molar-refractivity contribution < 1.29 is 14.3 Å². The molecule has 1 aliphatic carbocycles. The third-order valence-corrected chi connectivity index (χ3v) is 3.58. The molecule has 1 saturated carbocycles. The molecule has 0 radical (unpaired) electrons. The van der Waals surface area contributed by atoms with E-state index < -0.39 is 0 Å². The van der Waals surface area contributed by atoms with Crippen LogP contribution in [0.4, 0.5) is 0 Å². The zero-order valence-corrected chi connectivity index (χ0v) is 10.7. The molecule has 0 aromatic rings. The normalized spacial score (nSPS) is 31.3. The number of likely N-dealkylation sites (tertiary alicyclic amines) is 1. The molecule has 6 heteroatoms. The van der Waals surface area contributed by atoms with E-state index in [1.54, 1.807) is 4.90 Å². The van der Waals surface area contributed by atoms with Crippen LogP contribution in [0.15, 0.2) is 0 Å². The van der Waals surface area contributed by atoms with E-state index in [2.05, 4.69) is 5.32 Å². The van der Waals surface area contributed by atoms with E-state index in [4.69, 9.17) is 10.5 Å². The fraction of sp³-hybridized carbons (Fsp3) is 0.833. The molecular weight excluding hydrogens is 234 g/mol. The van der Waals surface area contributed by atoms with Gasteiger partial charge in [-0.25, -0.2) is 0 Å². The lowest BCUT2D eigenvalue weighted by Gasteiger charge is -2.42. The molecule has 102 valence electrons. The van der Waals surface area contributed by atoms with Gasteiger partial charge in [0.05, 0.1) is 18.7 Å². The van der Waals surface area contributed by atoms with Crippen molar-refractivity contribution in [3.8, 4) is 0 Å². The van der Waals surface area contributed by atoms with Crippen molar-refractivity contribution in [3.63, 3.8) is 0 Å². The molecule has 2 aliphatic rings. The molecule has 0 bridgehead atoms. The molecule has 2 fully saturated rings. The summed E-state index contributed by atoms with van der Waals surface area (Å²) in [5.74, 6) is -0.0838. The Bertz CT molecular complexity index is 333. The van der Waals surface area contributed by atoms with Gasteiger partial charge in [-0.1, -0.05) is 0 Å². The van der Waals surface area contributed by atoms with Crippen LogP contribution >= 0.6 is 0 Å². The zero-order chi connectivity index (χ0) is 13.1. The van der Waals surface area contributed by atoms with Crippen molar-refractivity contribution in [2.75, 3.05) is 19.7 Å². The SMILES string of the molecule is CCOC1CC(N)C1NC(=O)CN1CCCC1=O. The van der Waals surface area contributed by atoms with E-state index in [-0.39, 0.29) is 36.5 Å². The van der Waals surface area contributed by atoms with Crippen LogP contribution in [-0.4, -0.2) is 54.6 Å². The van der Waals surface area contributed by atoms with Gasteiger partial charge < -0.3 is 20.7 Å². The maximum absolute atomic E-state index is 11.8. The second kappa shape index (κ2) is 5.67. The van der Waals surface area contributed by atoms with Gasteiger partial charge in [-0.15, -0.1) is 0 Å². The summed E-state index contributed by atoms with van der Waals surface area (Å²) in [5.41, 5.74) is 5.85. The van der Waals surface area contributed by atoms with E-state index in [0.717, 1.165) is 12.8 Å². The van der Waals surface area contributed by atoms with Gasteiger partial charge in [0.15, 0.2) is 0 Å². The summed E-state index contributed by atoms with van der Waals surface area (Å²) in [6.45, 7) is 3.36. The predicted octanol–water partition coefficient (Wildman–Crippen LogP) is -0.770. The molecule has 18 heavy (non-hydrogen) atoms. The van der Waals surface area contributed by atoms with Gasteiger partial charge in [-0.05, 0) is 19.8 Å². The van der Waals surface area contributed by atoms with Crippen molar-refractivity contribution in [2.24, 2.45) is 5.73 Å². The highest BCUT2D eigenvalue weighted by molar-refractivity contribution is 5.86. The molecule has 0 spiro atoms. The quantitative estimate of drug-likeness (QED) is 0.675. The number of hydrogen-bond acceptors (Lipinski definition) is 4. The molecule has 0 aromatic carbocycles. The van der Waals surface area contributed by atoms with E-state index in [9.17, 15) is 9.59 Å². The highest BCUT2D eigenvalue weighted by Crippen LogP contribution is 2.22. The minimum Gasteiger partial charge on any atom is -0.376 e. The van der Waals surface area contributed by atoms with Gasteiger partial charge >= 0.3 is 0 Å². The van der Waals surface area contributed by atoms with Crippen LogP contribution < -0.4 is 11.1 Å². The average Bonchev–Trinajstić information content (AvgIpc) is 2.72. The fourth-order valence-corrected chi connectivity index (χ4v) is 2.50. The molecule has 0 aromatic heterocycles. The monoisotopic (exact) mass is 255 g/mol. The van der Waals surface area contributed by atoms with Crippen molar-refractivity contribution in [3.05, 3.63) is 0 Å². The van der Waals surface area contributed by atoms with Crippen LogP contribution in [0.3, 0.4) is 0 Å². The fourth-order valence-electron chi connectivity index (χ4n) is 2.50. The first kappa shape index (κ1) is 13.3. The minimum absolute atomic E-state index is 0.0169. The molecule has 3 N–H and O–H groups in total. The predicted molar refractivity (Wildman–Crippen MR) is 65.8 cm³/mol. The van der Waals surface area contributed by atoms with Crippen molar-refractivity contribution in [1.82, 2.24) is 10.2 Å². The number of carbonyl (C=O) groups is 2.